The van der Waals surface area contributed by atoms with Crippen molar-refractivity contribution < 1.29 is 19.1 Å². The highest BCUT2D eigenvalue weighted by atomic mass is 35.5. The molecule has 2 aromatic carbocycles. The maximum Gasteiger partial charge on any atom is 0.352 e. The second-order valence-corrected chi connectivity index (χ2v) is 6.76. The van der Waals surface area contributed by atoms with E-state index < -0.39 is 23.7 Å². The summed E-state index contributed by atoms with van der Waals surface area (Å²) in [7, 11) is 0. The summed E-state index contributed by atoms with van der Waals surface area (Å²) in [5.74, 6) is -1.85. The van der Waals surface area contributed by atoms with E-state index in [9.17, 15) is 19.1 Å². The molecule has 3 aromatic rings. The van der Waals surface area contributed by atoms with Gasteiger partial charge in [0.15, 0.2) is 0 Å². The highest BCUT2D eigenvalue weighted by molar-refractivity contribution is 6.30. The van der Waals surface area contributed by atoms with E-state index in [1.165, 1.54) is 41.2 Å². The number of carbonyl (C=O) groups is 2. The zero-order valence-corrected chi connectivity index (χ0v) is 15.5. The van der Waals surface area contributed by atoms with E-state index in [0.29, 0.717) is 10.7 Å². The summed E-state index contributed by atoms with van der Waals surface area (Å²) in [5, 5.41) is 19.7. The molecule has 1 amide bonds. The number of carboxylic acids is 1. The average molecular weight is 413 g/mol. The molecule has 9 heteroatoms. The number of nitrogens with zero attached hydrogens (tertiary/aromatic N) is 2. The Balaban J connectivity index is 1.70. The van der Waals surface area contributed by atoms with Gasteiger partial charge in [0.2, 0.25) is 0 Å². The largest absolute Gasteiger partial charge is 0.477 e. The summed E-state index contributed by atoms with van der Waals surface area (Å²) >= 11 is 5.94. The van der Waals surface area contributed by atoms with E-state index in [1.54, 1.807) is 24.3 Å². The number of fused-ring (bicyclic) bond motifs is 1. The Morgan fingerprint density at radius 3 is 2.48 bits per heavy atom. The maximum atomic E-state index is 13.1. The number of halogens is 2. The number of hydrogen-bond acceptors (Lipinski definition) is 4. The summed E-state index contributed by atoms with van der Waals surface area (Å²) in [5.41, 5.74) is 1.23. The predicted octanol–water partition coefficient (Wildman–Crippen LogP) is 3.91. The van der Waals surface area contributed by atoms with E-state index >= 15 is 0 Å². The number of rotatable bonds is 4. The van der Waals surface area contributed by atoms with E-state index in [0.717, 1.165) is 5.56 Å². The van der Waals surface area contributed by atoms with Crippen molar-refractivity contribution in [1.82, 2.24) is 9.78 Å². The van der Waals surface area contributed by atoms with Crippen LogP contribution in [0, 0.1) is 5.82 Å². The van der Waals surface area contributed by atoms with Crippen molar-refractivity contribution in [3.05, 3.63) is 88.5 Å². The third-order valence-corrected chi connectivity index (χ3v) is 4.68. The van der Waals surface area contributed by atoms with Crippen LogP contribution in [0.1, 0.15) is 22.0 Å². The number of carboxylic acid groups (broad SMARTS) is 1. The molecule has 0 bridgehead atoms. The smallest absolute Gasteiger partial charge is 0.352 e. The Labute approximate surface area is 169 Å². The summed E-state index contributed by atoms with van der Waals surface area (Å²) < 4.78 is 14.6. The lowest BCUT2D eigenvalue weighted by Crippen LogP contribution is -2.25. The minimum atomic E-state index is -1.17. The van der Waals surface area contributed by atoms with Crippen molar-refractivity contribution in [1.29, 1.82) is 0 Å². The van der Waals surface area contributed by atoms with Gasteiger partial charge in [0, 0.05) is 10.7 Å². The number of benzene rings is 2. The molecule has 0 radical (unpaired) electrons. The molecule has 2 heterocycles. The summed E-state index contributed by atoms with van der Waals surface area (Å²) in [6.07, 6.45) is 2.86. The van der Waals surface area contributed by atoms with Gasteiger partial charge in [-0.1, -0.05) is 23.7 Å². The minimum absolute atomic E-state index is 0.0752. The van der Waals surface area contributed by atoms with E-state index in [2.05, 4.69) is 15.7 Å². The summed E-state index contributed by atoms with van der Waals surface area (Å²) in [6, 6.07) is 11.7. The van der Waals surface area contributed by atoms with Crippen LogP contribution in [-0.2, 0) is 4.79 Å². The van der Waals surface area contributed by atoms with Crippen molar-refractivity contribution in [2.45, 2.75) is 6.04 Å². The molecular formula is C20H14ClFN4O3. The topological polar surface area (TPSA) is 96.2 Å². The number of hydrogen-bond donors (Lipinski definition) is 3. The Hall–Kier alpha value is -3.65. The molecule has 0 saturated heterocycles. The number of aromatic nitrogens is 2. The molecule has 0 spiro atoms. The molecular weight excluding hydrogens is 399 g/mol. The van der Waals surface area contributed by atoms with Crippen LogP contribution in [-0.4, -0.2) is 26.8 Å². The Kier molecular flexibility index (Phi) is 4.77. The first-order valence-corrected chi connectivity index (χ1v) is 8.92. The van der Waals surface area contributed by atoms with Crippen LogP contribution in [0.4, 0.5) is 15.9 Å². The quantitative estimate of drug-likeness (QED) is 0.603. The fraction of sp³-hybridized carbons (Fsp3) is 0.0500. The monoisotopic (exact) mass is 412 g/mol. The molecule has 1 atom stereocenters. The second kappa shape index (κ2) is 7.40. The van der Waals surface area contributed by atoms with E-state index in [4.69, 9.17) is 11.6 Å². The molecule has 29 heavy (non-hydrogen) atoms. The third-order valence-electron chi connectivity index (χ3n) is 4.43. The normalized spacial score (nSPS) is 15.1. The molecule has 3 N–H and O–H groups in total. The average Bonchev–Trinajstić information content (AvgIpc) is 3.14. The van der Waals surface area contributed by atoms with Gasteiger partial charge in [-0.15, -0.1) is 0 Å². The lowest BCUT2D eigenvalue weighted by molar-refractivity contribution is -0.132. The van der Waals surface area contributed by atoms with Gasteiger partial charge in [-0.25, -0.2) is 13.9 Å². The highest BCUT2D eigenvalue weighted by Crippen LogP contribution is 2.33. The van der Waals surface area contributed by atoms with Crippen LogP contribution in [0.15, 0.2) is 66.5 Å². The lowest BCUT2D eigenvalue weighted by atomic mass is 10.0. The van der Waals surface area contributed by atoms with Gasteiger partial charge >= 0.3 is 5.97 Å². The molecule has 1 aromatic heterocycles. The van der Waals surface area contributed by atoms with Crippen LogP contribution in [0.5, 0.6) is 0 Å². The zero-order chi connectivity index (χ0) is 20.5. The van der Waals surface area contributed by atoms with Crippen molar-refractivity contribution >= 4 is 35.0 Å². The molecule has 0 aliphatic carbocycles. The van der Waals surface area contributed by atoms with Gasteiger partial charge in [-0.2, -0.15) is 5.10 Å². The predicted molar refractivity (Wildman–Crippen MR) is 106 cm³/mol. The van der Waals surface area contributed by atoms with E-state index in [-0.39, 0.29) is 17.1 Å². The van der Waals surface area contributed by atoms with Crippen LogP contribution < -0.4 is 10.6 Å². The molecule has 146 valence electrons. The first-order valence-electron chi connectivity index (χ1n) is 8.54. The van der Waals surface area contributed by atoms with Crippen LogP contribution in [0.3, 0.4) is 0 Å². The molecule has 0 saturated carbocycles. The Morgan fingerprint density at radius 1 is 1.14 bits per heavy atom. The number of carbonyl (C=O) groups excluding carboxylic acids is 1. The fourth-order valence-corrected chi connectivity index (χ4v) is 3.14. The van der Waals surface area contributed by atoms with Crippen LogP contribution >= 0.6 is 11.6 Å². The molecule has 0 fully saturated rings. The number of amides is 1. The Bertz CT molecular complexity index is 1120. The van der Waals surface area contributed by atoms with Crippen molar-refractivity contribution in [3.8, 4) is 0 Å². The SMILES string of the molecule is O=C(O)C1=C[C@H](c2ccc(Cl)cc2)n2ncc(C(=O)Nc3ccc(F)cc3)c2N1. The highest BCUT2D eigenvalue weighted by Gasteiger charge is 2.29. The first kappa shape index (κ1) is 18.7. The molecule has 7 nitrogen and oxygen atoms in total. The molecule has 0 unspecified atom stereocenters. The first-order chi connectivity index (χ1) is 13.9. The number of aliphatic carboxylic acids is 1. The molecule has 4 rings (SSSR count). The standard InChI is InChI=1S/C20H14ClFN4O3/c21-12-3-1-11(2-4-12)17-9-16(20(28)29)25-18-15(10-23-26(17)18)19(27)24-14-7-5-13(22)6-8-14/h1-10,17,25H,(H,24,27)(H,28,29)/t17-/m1/s1. The van der Waals surface area contributed by atoms with Gasteiger partial charge in [0.05, 0.1) is 12.2 Å². The molecule has 1 aliphatic rings. The lowest BCUT2D eigenvalue weighted by Gasteiger charge is -2.24. The van der Waals surface area contributed by atoms with Crippen molar-refractivity contribution in [2.24, 2.45) is 0 Å². The van der Waals surface area contributed by atoms with Crippen LogP contribution in [0.25, 0.3) is 0 Å². The summed E-state index contributed by atoms with van der Waals surface area (Å²) in [6.45, 7) is 0. The van der Waals surface area contributed by atoms with Gasteiger partial charge in [0.1, 0.15) is 22.9 Å². The zero-order valence-electron chi connectivity index (χ0n) is 14.8. The number of nitrogens with one attached hydrogen (secondary N) is 2. The van der Waals surface area contributed by atoms with Crippen molar-refractivity contribution in [3.63, 3.8) is 0 Å². The maximum absolute atomic E-state index is 13.1. The summed E-state index contributed by atoms with van der Waals surface area (Å²) in [4.78, 5) is 24.3. The van der Waals surface area contributed by atoms with Gasteiger partial charge in [0.25, 0.3) is 5.91 Å². The van der Waals surface area contributed by atoms with E-state index in [1.807, 2.05) is 0 Å². The fourth-order valence-electron chi connectivity index (χ4n) is 3.02. The second-order valence-electron chi connectivity index (χ2n) is 6.32. The minimum Gasteiger partial charge on any atom is -0.477 e. The number of allylic oxidation sites excluding steroid dienone is 1. The van der Waals surface area contributed by atoms with Gasteiger partial charge in [-0.3, -0.25) is 4.79 Å². The van der Waals surface area contributed by atoms with Crippen molar-refractivity contribution in [2.75, 3.05) is 10.6 Å². The van der Waals surface area contributed by atoms with Gasteiger partial charge < -0.3 is 15.7 Å². The molecule has 1 aliphatic heterocycles. The van der Waals surface area contributed by atoms with Crippen LogP contribution in [0.2, 0.25) is 5.02 Å². The Morgan fingerprint density at radius 2 is 1.83 bits per heavy atom. The number of anilines is 2. The third kappa shape index (κ3) is 3.70. The van der Waals surface area contributed by atoms with Gasteiger partial charge in [-0.05, 0) is 48.0 Å².